The van der Waals surface area contributed by atoms with Gasteiger partial charge in [-0.3, -0.25) is 10.1 Å². The minimum Gasteiger partial charge on any atom is -0.303 e. The summed E-state index contributed by atoms with van der Waals surface area (Å²) in [6.07, 6.45) is 4.32. The Morgan fingerprint density at radius 1 is 1.33 bits per heavy atom. The molecule has 0 radical (unpaired) electrons. The Bertz CT molecular complexity index is 238. The minimum absolute atomic E-state index is 0.0498. The highest BCUT2D eigenvalue weighted by molar-refractivity contribution is 5.54. The number of aldehydes is 1. The lowest BCUT2D eigenvalue weighted by molar-refractivity contribution is -0.537. The molecular weight excluding hydrogens is 194 g/mol. The zero-order valence-corrected chi connectivity index (χ0v) is 9.39. The highest BCUT2D eigenvalue weighted by atomic mass is 16.6. The van der Waals surface area contributed by atoms with Gasteiger partial charge in [-0.1, -0.05) is 20.3 Å². The van der Waals surface area contributed by atoms with Gasteiger partial charge in [-0.25, -0.2) is 0 Å². The summed E-state index contributed by atoms with van der Waals surface area (Å²) in [5.41, 5.74) is 0. The van der Waals surface area contributed by atoms with Crippen LogP contribution in [0.2, 0.25) is 0 Å². The van der Waals surface area contributed by atoms with Crippen LogP contribution in [0, 0.1) is 27.9 Å². The van der Waals surface area contributed by atoms with Crippen molar-refractivity contribution in [2.24, 2.45) is 17.8 Å². The van der Waals surface area contributed by atoms with Crippen molar-refractivity contribution in [2.75, 3.05) is 0 Å². The molecule has 4 nitrogen and oxygen atoms in total. The van der Waals surface area contributed by atoms with Crippen molar-refractivity contribution in [1.29, 1.82) is 0 Å². The van der Waals surface area contributed by atoms with Gasteiger partial charge >= 0.3 is 0 Å². The second-order valence-electron chi connectivity index (χ2n) is 4.76. The molecule has 0 bridgehead atoms. The Labute approximate surface area is 90.2 Å². The third-order valence-electron chi connectivity index (χ3n) is 3.47. The molecule has 86 valence electrons. The van der Waals surface area contributed by atoms with Gasteiger partial charge in [0, 0.05) is 23.2 Å². The van der Waals surface area contributed by atoms with E-state index in [0.29, 0.717) is 6.42 Å². The Kier molecular flexibility index (Phi) is 4.24. The number of carbonyl (C=O) groups is 1. The molecule has 0 unspecified atom stereocenters. The molecule has 4 heteroatoms. The molecule has 15 heavy (non-hydrogen) atoms. The van der Waals surface area contributed by atoms with E-state index in [9.17, 15) is 14.9 Å². The Morgan fingerprint density at radius 2 is 1.93 bits per heavy atom. The predicted octanol–water partition coefficient (Wildman–Crippen LogP) is 2.29. The van der Waals surface area contributed by atoms with Crippen LogP contribution in [0.25, 0.3) is 0 Å². The van der Waals surface area contributed by atoms with Crippen molar-refractivity contribution in [1.82, 2.24) is 0 Å². The third-order valence-corrected chi connectivity index (χ3v) is 3.47. The average molecular weight is 213 g/mol. The molecule has 0 aromatic heterocycles. The van der Waals surface area contributed by atoms with E-state index in [1.807, 2.05) is 13.8 Å². The first kappa shape index (κ1) is 12.1. The van der Waals surface area contributed by atoms with Crippen LogP contribution >= 0.6 is 0 Å². The van der Waals surface area contributed by atoms with Gasteiger partial charge in [0.05, 0.1) is 0 Å². The van der Waals surface area contributed by atoms with Crippen LogP contribution < -0.4 is 0 Å². The third kappa shape index (κ3) is 2.76. The van der Waals surface area contributed by atoms with Crippen molar-refractivity contribution in [2.45, 2.75) is 45.6 Å². The second-order valence-corrected chi connectivity index (χ2v) is 4.76. The van der Waals surface area contributed by atoms with Crippen molar-refractivity contribution in [3.63, 3.8) is 0 Å². The van der Waals surface area contributed by atoms with Gasteiger partial charge in [-0.2, -0.15) is 0 Å². The van der Waals surface area contributed by atoms with Crippen LogP contribution in [-0.4, -0.2) is 17.3 Å². The number of hydrogen-bond donors (Lipinski definition) is 0. The molecule has 1 aliphatic carbocycles. The molecule has 0 heterocycles. The van der Waals surface area contributed by atoms with E-state index in [-0.39, 0.29) is 22.7 Å². The standard InChI is InChI=1S/C11H19NO3/c1-8(2)10(7-13)9-5-3-4-6-11(9)12(14)15/h7-11H,3-6H2,1-2H3/t9-,10-,11-/m0/s1. The fraction of sp³-hybridized carbons (Fsp3) is 0.909. The van der Waals surface area contributed by atoms with E-state index in [1.54, 1.807) is 0 Å². The summed E-state index contributed by atoms with van der Waals surface area (Å²) in [5, 5.41) is 10.9. The van der Waals surface area contributed by atoms with E-state index in [0.717, 1.165) is 25.5 Å². The zero-order valence-electron chi connectivity index (χ0n) is 9.39. The van der Waals surface area contributed by atoms with Gasteiger partial charge in [0.1, 0.15) is 6.29 Å². The number of carbonyl (C=O) groups excluding carboxylic acids is 1. The minimum atomic E-state index is -0.503. The SMILES string of the molecule is CC(C)[C@H](C=O)[C@@H]1CCCC[C@@H]1[N+](=O)[O-]. The molecule has 0 saturated heterocycles. The summed E-state index contributed by atoms with van der Waals surface area (Å²) in [4.78, 5) is 21.7. The molecule has 0 amide bonds. The summed E-state index contributed by atoms with van der Waals surface area (Å²) in [7, 11) is 0. The summed E-state index contributed by atoms with van der Waals surface area (Å²) >= 11 is 0. The second kappa shape index (κ2) is 5.24. The first-order valence-electron chi connectivity index (χ1n) is 5.66. The van der Waals surface area contributed by atoms with Gasteiger partial charge in [-0.15, -0.1) is 0 Å². The Morgan fingerprint density at radius 3 is 2.40 bits per heavy atom. The van der Waals surface area contributed by atoms with Gasteiger partial charge < -0.3 is 4.79 Å². The first-order valence-corrected chi connectivity index (χ1v) is 5.66. The van der Waals surface area contributed by atoms with E-state index in [4.69, 9.17) is 0 Å². The zero-order chi connectivity index (χ0) is 11.4. The van der Waals surface area contributed by atoms with Crippen LogP contribution in [-0.2, 0) is 4.79 Å². The summed E-state index contributed by atoms with van der Waals surface area (Å²) < 4.78 is 0. The lowest BCUT2D eigenvalue weighted by Gasteiger charge is -2.31. The monoisotopic (exact) mass is 213 g/mol. The average Bonchev–Trinajstić information content (AvgIpc) is 2.18. The number of rotatable bonds is 4. The number of hydrogen-bond acceptors (Lipinski definition) is 3. The summed E-state index contributed by atoms with van der Waals surface area (Å²) in [5.74, 6) is -0.000000000000000444. The van der Waals surface area contributed by atoms with Crippen molar-refractivity contribution in [3.8, 4) is 0 Å². The lowest BCUT2D eigenvalue weighted by atomic mass is 9.73. The highest BCUT2D eigenvalue weighted by Gasteiger charge is 2.40. The van der Waals surface area contributed by atoms with Crippen LogP contribution in [0.15, 0.2) is 0 Å². The molecule has 1 rings (SSSR count). The highest BCUT2D eigenvalue weighted by Crippen LogP contribution is 2.34. The Balaban J connectivity index is 2.78. The van der Waals surface area contributed by atoms with E-state index in [1.165, 1.54) is 0 Å². The largest absolute Gasteiger partial charge is 0.303 e. The summed E-state index contributed by atoms with van der Waals surface area (Å²) in [6.45, 7) is 3.93. The van der Waals surface area contributed by atoms with Crippen LogP contribution in [0.4, 0.5) is 0 Å². The van der Waals surface area contributed by atoms with Crippen LogP contribution in [0.5, 0.6) is 0 Å². The summed E-state index contributed by atoms with van der Waals surface area (Å²) in [6, 6.07) is -0.503. The molecule has 1 fully saturated rings. The molecule has 0 spiro atoms. The maximum Gasteiger partial charge on any atom is 0.216 e. The van der Waals surface area contributed by atoms with Crippen molar-refractivity contribution < 1.29 is 9.72 Å². The maximum absolute atomic E-state index is 11.0. The number of nitrogens with zero attached hydrogens (tertiary/aromatic N) is 1. The van der Waals surface area contributed by atoms with Crippen LogP contribution in [0.3, 0.4) is 0 Å². The maximum atomic E-state index is 11.0. The molecule has 0 N–H and O–H groups in total. The van der Waals surface area contributed by atoms with E-state index < -0.39 is 6.04 Å². The number of nitro groups is 1. The van der Waals surface area contributed by atoms with Gasteiger partial charge in [0.15, 0.2) is 0 Å². The topological polar surface area (TPSA) is 60.2 Å². The van der Waals surface area contributed by atoms with Gasteiger partial charge in [0.2, 0.25) is 6.04 Å². The molecule has 0 aromatic rings. The normalized spacial score (nSPS) is 28.7. The predicted molar refractivity (Wildman–Crippen MR) is 57.1 cm³/mol. The molecule has 0 aromatic carbocycles. The fourth-order valence-electron chi connectivity index (χ4n) is 2.60. The molecule has 0 aliphatic heterocycles. The van der Waals surface area contributed by atoms with Crippen LogP contribution in [0.1, 0.15) is 39.5 Å². The molecular formula is C11H19NO3. The molecule has 1 aliphatic rings. The fourth-order valence-corrected chi connectivity index (χ4v) is 2.60. The quantitative estimate of drug-likeness (QED) is 0.409. The lowest BCUT2D eigenvalue weighted by Crippen LogP contribution is -2.39. The van der Waals surface area contributed by atoms with Gasteiger partial charge in [0.25, 0.3) is 0 Å². The first-order chi connectivity index (χ1) is 7.07. The van der Waals surface area contributed by atoms with E-state index in [2.05, 4.69) is 0 Å². The van der Waals surface area contributed by atoms with Crippen molar-refractivity contribution in [3.05, 3.63) is 10.1 Å². The smallest absolute Gasteiger partial charge is 0.216 e. The molecule has 1 saturated carbocycles. The Hall–Kier alpha value is -0.930. The van der Waals surface area contributed by atoms with Crippen molar-refractivity contribution >= 4 is 6.29 Å². The van der Waals surface area contributed by atoms with E-state index >= 15 is 0 Å². The molecule has 3 atom stereocenters. The van der Waals surface area contributed by atoms with Gasteiger partial charge in [-0.05, 0) is 18.8 Å².